The minimum absolute atomic E-state index is 0.303. The van der Waals surface area contributed by atoms with Crippen LogP contribution in [0.1, 0.15) is 24.1 Å². The van der Waals surface area contributed by atoms with Gasteiger partial charge in [-0.3, -0.25) is 9.88 Å². The van der Waals surface area contributed by atoms with Gasteiger partial charge in [0.25, 0.3) is 10.2 Å². The molecule has 1 aromatic rings. The number of methoxy groups -OCH3 is 1. The second kappa shape index (κ2) is 8.75. The molecule has 146 valence electrons. The SMILES string of the molecule is COCC1CCCN(S(=O)(=O)N2CCN(Cc3ncccc3C)CC2)C1. The number of nitrogens with zero attached hydrogens (tertiary/aromatic N) is 4. The number of rotatable bonds is 6. The average molecular weight is 383 g/mol. The van der Waals surface area contributed by atoms with Crippen LogP contribution in [0.25, 0.3) is 0 Å². The molecule has 0 bridgehead atoms. The third-order valence-electron chi connectivity index (χ3n) is 5.36. The van der Waals surface area contributed by atoms with Gasteiger partial charge < -0.3 is 4.74 Å². The van der Waals surface area contributed by atoms with Crippen LogP contribution in [0.4, 0.5) is 0 Å². The van der Waals surface area contributed by atoms with Crippen molar-refractivity contribution < 1.29 is 13.2 Å². The predicted molar refractivity (Wildman–Crippen MR) is 101 cm³/mol. The molecule has 0 aromatic carbocycles. The summed E-state index contributed by atoms with van der Waals surface area (Å²) in [5.41, 5.74) is 2.25. The summed E-state index contributed by atoms with van der Waals surface area (Å²) in [7, 11) is -1.70. The maximum absolute atomic E-state index is 13.0. The summed E-state index contributed by atoms with van der Waals surface area (Å²) < 4.78 is 34.5. The van der Waals surface area contributed by atoms with Crippen LogP contribution < -0.4 is 0 Å². The van der Waals surface area contributed by atoms with Crippen molar-refractivity contribution in [2.24, 2.45) is 5.92 Å². The Labute approximate surface area is 157 Å². The Balaban J connectivity index is 1.56. The second-order valence-electron chi connectivity index (χ2n) is 7.27. The summed E-state index contributed by atoms with van der Waals surface area (Å²) in [5.74, 6) is 0.303. The highest BCUT2D eigenvalue weighted by Gasteiger charge is 2.35. The molecular weight excluding hydrogens is 352 g/mol. The Hall–Kier alpha value is -1.06. The second-order valence-corrected chi connectivity index (χ2v) is 9.20. The Morgan fingerprint density at radius 1 is 1.19 bits per heavy atom. The fourth-order valence-electron chi connectivity index (χ4n) is 3.79. The van der Waals surface area contributed by atoms with Crippen LogP contribution in [-0.2, 0) is 21.5 Å². The number of hydrogen-bond donors (Lipinski definition) is 0. The Bertz CT molecular complexity index is 687. The summed E-state index contributed by atoms with van der Waals surface area (Å²) in [4.78, 5) is 6.73. The first-order valence-electron chi connectivity index (χ1n) is 9.37. The van der Waals surface area contributed by atoms with E-state index < -0.39 is 10.2 Å². The summed E-state index contributed by atoms with van der Waals surface area (Å²) in [5, 5.41) is 0. The maximum Gasteiger partial charge on any atom is 0.282 e. The van der Waals surface area contributed by atoms with Crippen LogP contribution in [0.5, 0.6) is 0 Å². The van der Waals surface area contributed by atoms with Gasteiger partial charge in [0, 0.05) is 59.1 Å². The third-order valence-corrected chi connectivity index (χ3v) is 7.36. The van der Waals surface area contributed by atoms with Crippen LogP contribution in [0.15, 0.2) is 18.3 Å². The van der Waals surface area contributed by atoms with Gasteiger partial charge in [-0.1, -0.05) is 6.07 Å². The van der Waals surface area contributed by atoms with Crippen molar-refractivity contribution in [2.75, 3.05) is 53.0 Å². The highest BCUT2D eigenvalue weighted by Crippen LogP contribution is 2.22. The molecule has 0 N–H and O–H groups in total. The molecule has 1 atom stereocenters. The van der Waals surface area contributed by atoms with Crippen LogP contribution in [-0.4, -0.2) is 79.9 Å². The van der Waals surface area contributed by atoms with E-state index in [-0.39, 0.29) is 0 Å². The number of ether oxygens (including phenoxy) is 1. The van der Waals surface area contributed by atoms with E-state index in [2.05, 4.69) is 22.9 Å². The van der Waals surface area contributed by atoms with Gasteiger partial charge in [-0.15, -0.1) is 0 Å². The molecule has 0 amide bonds. The van der Waals surface area contributed by atoms with Gasteiger partial charge in [0.15, 0.2) is 0 Å². The molecule has 2 aliphatic heterocycles. The molecule has 3 heterocycles. The average Bonchev–Trinajstić information content (AvgIpc) is 2.65. The fourth-order valence-corrected chi connectivity index (χ4v) is 5.50. The first-order valence-corrected chi connectivity index (χ1v) is 10.8. The van der Waals surface area contributed by atoms with Crippen LogP contribution >= 0.6 is 0 Å². The molecule has 2 saturated heterocycles. The van der Waals surface area contributed by atoms with Crippen molar-refractivity contribution in [1.29, 1.82) is 0 Å². The lowest BCUT2D eigenvalue weighted by atomic mass is 10.0. The lowest BCUT2D eigenvalue weighted by molar-refractivity contribution is 0.113. The first-order chi connectivity index (χ1) is 12.5. The molecule has 0 spiro atoms. The summed E-state index contributed by atoms with van der Waals surface area (Å²) >= 11 is 0. The Morgan fingerprint density at radius 2 is 1.96 bits per heavy atom. The smallest absolute Gasteiger partial charge is 0.282 e. The molecular formula is C18H30N4O3S. The lowest BCUT2D eigenvalue weighted by Gasteiger charge is -2.39. The number of aromatic nitrogens is 1. The topological polar surface area (TPSA) is 66.0 Å². The van der Waals surface area contributed by atoms with Crippen molar-refractivity contribution in [3.8, 4) is 0 Å². The zero-order valence-corrected chi connectivity index (χ0v) is 16.6. The van der Waals surface area contributed by atoms with E-state index in [1.54, 1.807) is 15.7 Å². The van der Waals surface area contributed by atoms with Gasteiger partial charge >= 0.3 is 0 Å². The number of hydrogen-bond acceptors (Lipinski definition) is 5. The molecule has 7 nitrogen and oxygen atoms in total. The van der Waals surface area contributed by atoms with Crippen molar-refractivity contribution >= 4 is 10.2 Å². The van der Waals surface area contributed by atoms with Crippen molar-refractivity contribution in [3.05, 3.63) is 29.6 Å². The van der Waals surface area contributed by atoms with Crippen LogP contribution in [0, 0.1) is 12.8 Å². The van der Waals surface area contributed by atoms with E-state index in [0.29, 0.717) is 38.7 Å². The van der Waals surface area contributed by atoms with Gasteiger partial charge in [0.2, 0.25) is 0 Å². The molecule has 0 saturated carbocycles. The standard InChI is InChI=1S/C18H30N4O3S/c1-16-5-3-7-19-18(16)14-20-9-11-21(12-10-20)26(23,24)22-8-4-6-17(13-22)15-25-2/h3,5,7,17H,4,6,8-15H2,1-2H3. The van der Waals surface area contributed by atoms with Crippen LogP contribution in [0.3, 0.4) is 0 Å². The fraction of sp³-hybridized carbons (Fsp3) is 0.722. The lowest BCUT2D eigenvalue weighted by Crippen LogP contribution is -2.54. The minimum atomic E-state index is -3.37. The molecule has 3 rings (SSSR count). The highest BCUT2D eigenvalue weighted by molar-refractivity contribution is 7.86. The van der Waals surface area contributed by atoms with Crippen molar-refractivity contribution in [1.82, 2.24) is 18.5 Å². The number of pyridine rings is 1. The Kier molecular flexibility index (Phi) is 6.63. The largest absolute Gasteiger partial charge is 0.384 e. The van der Waals surface area contributed by atoms with E-state index in [0.717, 1.165) is 38.2 Å². The zero-order chi connectivity index (χ0) is 18.6. The summed E-state index contributed by atoms with van der Waals surface area (Å²) in [6.07, 6.45) is 3.76. The van der Waals surface area contributed by atoms with Gasteiger partial charge in [-0.25, -0.2) is 0 Å². The van der Waals surface area contributed by atoms with Gasteiger partial charge in [-0.2, -0.15) is 17.0 Å². The molecule has 1 aromatic heterocycles. The zero-order valence-electron chi connectivity index (χ0n) is 15.8. The monoisotopic (exact) mass is 382 g/mol. The molecule has 26 heavy (non-hydrogen) atoms. The number of aryl methyl sites for hydroxylation is 1. The summed E-state index contributed by atoms with van der Waals surface area (Å²) in [6.45, 7) is 7.23. The van der Waals surface area contributed by atoms with Gasteiger partial charge in [0.1, 0.15) is 0 Å². The normalized spacial score (nSPS) is 24.0. The van der Waals surface area contributed by atoms with E-state index in [1.807, 2.05) is 12.3 Å². The maximum atomic E-state index is 13.0. The first kappa shape index (κ1) is 19.7. The van der Waals surface area contributed by atoms with E-state index >= 15 is 0 Å². The molecule has 8 heteroatoms. The summed E-state index contributed by atoms with van der Waals surface area (Å²) in [6, 6.07) is 4.01. The van der Waals surface area contributed by atoms with Crippen molar-refractivity contribution in [3.63, 3.8) is 0 Å². The van der Waals surface area contributed by atoms with E-state index in [1.165, 1.54) is 5.56 Å². The molecule has 2 fully saturated rings. The van der Waals surface area contributed by atoms with E-state index in [4.69, 9.17) is 4.74 Å². The minimum Gasteiger partial charge on any atom is -0.384 e. The highest BCUT2D eigenvalue weighted by atomic mass is 32.2. The number of piperidine rings is 1. The quantitative estimate of drug-likeness (QED) is 0.737. The molecule has 2 aliphatic rings. The Morgan fingerprint density at radius 3 is 2.65 bits per heavy atom. The predicted octanol–water partition coefficient (Wildman–Crippen LogP) is 1.11. The van der Waals surface area contributed by atoms with Crippen molar-refractivity contribution in [2.45, 2.75) is 26.3 Å². The third kappa shape index (κ3) is 4.61. The van der Waals surface area contributed by atoms with Gasteiger partial charge in [-0.05, 0) is 37.3 Å². The van der Waals surface area contributed by atoms with Gasteiger partial charge in [0.05, 0.1) is 12.3 Å². The molecule has 1 unspecified atom stereocenters. The van der Waals surface area contributed by atoms with Crippen LogP contribution in [0.2, 0.25) is 0 Å². The molecule has 0 radical (unpaired) electrons. The number of piperazine rings is 1. The molecule has 0 aliphatic carbocycles. The van der Waals surface area contributed by atoms with E-state index in [9.17, 15) is 8.42 Å².